The second kappa shape index (κ2) is 16.7. The van der Waals surface area contributed by atoms with Crippen molar-refractivity contribution >= 4 is 117 Å². The number of fused-ring (bicyclic) bond motifs is 15. The van der Waals surface area contributed by atoms with E-state index in [0.717, 1.165) is 5.69 Å². The first-order valence-electron chi connectivity index (χ1n) is 25.7. The summed E-state index contributed by atoms with van der Waals surface area (Å²) in [6.45, 7) is 0. The van der Waals surface area contributed by atoms with Gasteiger partial charge in [-0.15, -0.1) is 22.7 Å². The third kappa shape index (κ3) is 6.55. The van der Waals surface area contributed by atoms with Crippen LogP contribution >= 0.6 is 22.7 Å². The molecule has 0 saturated heterocycles. The van der Waals surface area contributed by atoms with Crippen molar-refractivity contribution in [2.24, 2.45) is 0 Å². The number of rotatable bonds is 6. The number of hydrogen-bond acceptors (Lipinski definition) is 2. The minimum absolute atomic E-state index is 1.14. The van der Waals surface area contributed by atoms with E-state index in [1.165, 1.54) is 150 Å². The van der Waals surface area contributed by atoms with Gasteiger partial charge in [-0.3, -0.25) is 0 Å². The molecule has 75 heavy (non-hydrogen) atoms. The van der Waals surface area contributed by atoms with E-state index in [2.05, 4.69) is 265 Å². The third-order valence-electron chi connectivity index (χ3n) is 15.8. The molecule has 0 unspecified atom stereocenters. The summed E-state index contributed by atoms with van der Waals surface area (Å²) in [5.41, 5.74) is 15.9. The van der Waals surface area contributed by atoms with E-state index in [0.29, 0.717) is 0 Å². The summed E-state index contributed by atoms with van der Waals surface area (Å²) in [4.78, 5) is 0. The minimum atomic E-state index is 1.14. The van der Waals surface area contributed by atoms with Crippen molar-refractivity contribution in [3.8, 4) is 61.3 Å². The van der Waals surface area contributed by atoms with Crippen molar-refractivity contribution in [2.75, 3.05) is 0 Å². The predicted octanol–water partition coefficient (Wildman–Crippen LogP) is 21.3. The average Bonchev–Trinajstić information content (AvgIpc) is 4.21. The third-order valence-corrected chi connectivity index (χ3v) is 18.4. The molecule has 0 radical (unpaired) electrons. The molecule has 0 saturated carbocycles. The standard InChI is InChI=1S/C72H43NS2/c1-3-16-44(17-4-1)51-26-12-30-60-62-32-14-28-53(71(62)74-69(51)60)48-35-38-67-65(42-48)66-43-49(54-29-15-33-63-61-31-13-27-52(70(61)75-72(54)63)45-18-5-2-6-19-45)36-39-68(66)73(67)50-21-11-20-46(40-50)47-34-37-59-57-24-8-7-22-55(57)56-23-9-10-25-58(56)64(59)41-47/h1-43H. The van der Waals surface area contributed by atoms with E-state index in [4.69, 9.17) is 0 Å². The maximum absolute atomic E-state index is 2.49. The lowest BCUT2D eigenvalue weighted by Gasteiger charge is -2.13. The highest BCUT2D eigenvalue weighted by atomic mass is 32.1. The van der Waals surface area contributed by atoms with E-state index in [9.17, 15) is 0 Å². The Kier molecular flexibility index (Phi) is 9.44. The first-order chi connectivity index (χ1) is 37.2. The molecule has 0 spiro atoms. The number of benzene rings is 13. The number of nitrogens with zero attached hydrogens (tertiary/aromatic N) is 1. The van der Waals surface area contributed by atoms with Gasteiger partial charge in [0.15, 0.2) is 0 Å². The Morgan fingerprint density at radius 3 is 1.00 bits per heavy atom. The zero-order valence-electron chi connectivity index (χ0n) is 40.6. The summed E-state index contributed by atoms with van der Waals surface area (Å²) in [5.74, 6) is 0. The number of thiophene rings is 2. The lowest BCUT2D eigenvalue weighted by Crippen LogP contribution is -1.94. The molecule has 3 aromatic heterocycles. The Morgan fingerprint density at radius 1 is 0.200 bits per heavy atom. The summed E-state index contributed by atoms with van der Waals surface area (Å²) < 4.78 is 7.77. The Labute approximate surface area is 441 Å². The topological polar surface area (TPSA) is 4.93 Å². The quantitative estimate of drug-likeness (QED) is 0.146. The van der Waals surface area contributed by atoms with E-state index >= 15 is 0 Å². The summed E-state index contributed by atoms with van der Waals surface area (Å²) in [7, 11) is 0. The van der Waals surface area contributed by atoms with Crippen LogP contribution in [0.25, 0.3) is 156 Å². The number of hydrogen-bond donors (Lipinski definition) is 0. The molecule has 0 N–H and O–H groups in total. The second-order valence-electron chi connectivity index (χ2n) is 19.9. The van der Waals surface area contributed by atoms with Crippen LogP contribution in [0.3, 0.4) is 0 Å². The van der Waals surface area contributed by atoms with E-state index in [-0.39, 0.29) is 0 Å². The molecule has 3 heterocycles. The molecule has 1 nitrogen and oxygen atoms in total. The second-order valence-corrected chi connectivity index (χ2v) is 21.9. The van der Waals surface area contributed by atoms with Gasteiger partial charge in [0.1, 0.15) is 0 Å². The lowest BCUT2D eigenvalue weighted by molar-refractivity contribution is 1.18. The summed E-state index contributed by atoms with van der Waals surface area (Å²) in [6, 6.07) is 97.1. The minimum Gasteiger partial charge on any atom is -0.309 e. The molecular formula is C72H43NS2. The fourth-order valence-corrected chi connectivity index (χ4v) is 15.1. The highest BCUT2D eigenvalue weighted by molar-refractivity contribution is 7.27. The Hall–Kier alpha value is -9.12. The van der Waals surface area contributed by atoms with Crippen LogP contribution in [0.5, 0.6) is 0 Å². The van der Waals surface area contributed by atoms with Crippen LogP contribution < -0.4 is 0 Å². The van der Waals surface area contributed by atoms with Gasteiger partial charge in [-0.05, 0) is 130 Å². The zero-order valence-corrected chi connectivity index (χ0v) is 42.2. The number of aromatic nitrogens is 1. The lowest BCUT2D eigenvalue weighted by atomic mass is 9.92. The maximum atomic E-state index is 2.49. The van der Waals surface area contributed by atoms with E-state index in [1.54, 1.807) is 0 Å². The molecular weight excluding hydrogens is 943 g/mol. The van der Waals surface area contributed by atoms with Gasteiger partial charge in [0.2, 0.25) is 0 Å². The molecule has 0 atom stereocenters. The molecule has 348 valence electrons. The van der Waals surface area contributed by atoms with Crippen molar-refractivity contribution in [1.29, 1.82) is 0 Å². The maximum Gasteiger partial charge on any atom is 0.0541 e. The SMILES string of the molecule is c1ccc(-c2cccc3c2sc2c(-c4ccc5c(c4)c4cc(-c6cccc7c6sc6c(-c8ccccc8)cccc67)ccc4n5-c4cccc(-c5ccc6c7ccccc7c7ccccc7c6c5)c4)cccc23)cc1. The van der Waals surface area contributed by atoms with Crippen LogP contribution in [0, 0.1) is 0 Å². The molecule has 0 bridgehead atoms. The molecule has 3 heteroatoms. The van der Waals surface area contributed by atoms with Crippen LogP contribution in [0.2, 0.25) is 0 Å². The fourth-order valence-electron chi connectivity index (χ4n) is 12.3. The van der Waals surface area contributed by atoms with Gasteiger partial charge < -0.3 is 4.57 Å². The van der Waals surface area contributed by atoms with Crippen molar-refractivity contribution in [3.63, 3.8) is 0 Å². The summed E-state index contributed by atoms with van der Waals surface area (Å²) in [5, 5.41) is 15.4. The van der Waals surface area contributed by atoms with Crippen LogP contribution in [0.4, 0.5) is 0 Å². The van der Waals surface area contributed by atoms with E-state index in [1.807, 2.05) is 22.7 Å². The van der Waals surface area contributed by atoms with Crippen LogP contribution in [0.15, 0.2) is 261 Å². The Bertz CT molecular complexity index is 4750. The van der Waals surface area contributed by atoms with Crippen LogP contribution in [0.1, 0.15) is 0 Å². The largest absolute Gasteiger partial charge is 0.309 e. The molecule has 0 aliphatic heterocycles. The van der Waals surface area contributed by atoms with Gasteiger partial charge in [-0.25, -0.2) is 0 Å². The van der Waals surface area contributed by atoms with Gasteiger partial charge >= 0.3 is 0 Å². The Balaban J connectivity index is 0.905. The van der Waals surface area contributed by atoms with Gasteiger partial charge in [-0.1, -0.05) is 218 Å². The first kappa shape index (κ1) is 42.4. The molecule has 16 rings (SSSR count). The predicted molar refractivity (Wildman–Crippen MR) is 326 cm³/mol. The molecule has 16 aromatic rings. The fraction of sp³-hybridized carbons (Fsp3) is 0. The van der Waals surface area contributed by atoms with Gasteiger partial charge in [0, 0.05) is 56.8 Å². The molecule has 0 aliphatic carbocycles. The normalized spacial score (nSPS) is 12.0. The average molecular weight is 986 g/mol. The molecule has 0 aliphatic rings. The van der Waals surface area contributed by atoms with Gasteiger partial charge in [0.05, 0.1) is 11.0 Å². The van der Waals surface area contributed by atoms with Gasteiger partial charge in [-0.2, -0.15) is 0 Å². The van der Waals surface area contributed by atoms with Crippen molar-refractivity contribution in [3.05, 3.63) is 261 Å². The van der Waals surface area contributed by atoms with Crippen molar-refractivity contribution < 1.29 is 0 Å². The van der Waals surface area contributed by atoms with E-state index < -0.39 is 0 Å². The van der Waals surface area contributed by atoms with Crippen LogP contribution in [-0.4, -0.2) is 4.57 Å². The summed E-state index contributed by atoms with van der Waals surface area (Å²) >= 11 is 3.83. The smallest absolute Gasteiger partial charge is 0.0541 e. The first-order valence-corrected chi connectivity index (χ1v) is 27.4. The highest BCUT2D eigenvalue weighted by Crippen LogP contribution is 2.48. The Morgan fingerprint density at radius 2 is 0.533 bits per heavy atom. The van der Waals surface area contributed by atoms with Crippen molar-refractivity contribution in [1.82, 2.24) is 4.57 Å². The monoisotopic (exact) mass is 985 g/mol. The molecule has 0 fully saturated rings. The summed E-state index contributed by atoms with van der Waals surface area (Å²) in [6.07, 6.45) is 0. The molecule has 13 aromatic carbocycles. The highest BCUT2D eigenvalue weighted by Gasteiger charge is 2.20. The van der Waals surface area contributed by atoms with Gasteiger partial charge in [0.25, 0.3) is 0 Å². The van der Waals surface area contributed by atoms with Crippen LogP contribution in [-0.2, 0) is 0 Å². The molecule has 0 amide bonds. The zero-order chi connectivity index (χ0) is 49.1. The van der Waals surface area contributed by atoms with Crippen molar-refractivity contribution in [2.45, 2.75) is 0 Å².